The molecule has 3 heteroatoms. The fraction of sp³-hybridized carbons (Fsp3) is 0.727. The van der Waals surface area contributed by atoms with Crippen molar-refractivity contribution in [2.45, 2.75) is 46.1 Å². The molecule has 0 bridgehead atoms. The van der Waals surface area contributed by atoms with Crippen molar-refractivity contribution in [2.24, 2.45) is 0 Å². The first-order valence-electron chi connectivity index (χ1n) is 4.98. The van der Waals surface area contributed by atoms with Gasteiger partial charge in [-0.05, 0) is 47.1 Å². The van der Waals surface area contributed by atoms with Crippen LogP contribution in [0, 0.1) is 0 Å². The first kappa shape index (κ1) is 13.2. The molecule has 0 atom stereocenters. The Labute approximate surface area is 86.2 Å². The molecule has 0 aromatic heterocycles. The topological polar surface area (TPSA) is 49.3 Å². The lowest BCUT2D eigenvalue weighted by Crippen LogP contribution is -2.36. The molecule has 2 N–H and O–H groups in total. The summed E-state index contributed by atoms with van der Waals surface area (Å²) in [5, 5.41) is 11.9. The van der Waals surface area contributed by atoms with Crippen LogP contribution in [0.15, 0.2) is 11.6 Å². The highest BCUT2D eigenvalue weighted by Gasteiger charge is 2.06. The molecule has 82 valence electrons. The molecule has 14 heavy (non-hydrogen) atoms. The number of rotatable bonds is 5. The third kappa shape index (κ3) is 7.80. The Morgan fingerprint density at radius 3 is 2.43 bits per heavy atom. The second kappa shape index (κ2) is 5.81. The van der Waals surface area contributed by atoms with Crippen LogP contribution < -0.4 is 5.32 Å². The average Bonchev–Trinajstić information content (AvgIpc) is 2.01. The molecule has 0 saturated carbocycles. The van der Waals surface area contributed by atoms with Gasteiger partial charge in [0.15, 0.2) is 0 Å². The molecule has 0 heterocycles. The summed E-state index contributed by atoms with van der Waals surface area (Å²) in [5.74, 6) is -0.825. The highest BCUT2D eigenvalue weighted by Crippen LogP contribution is 2.01. The van der Waals surface area contributed by atoms with E-state index in [2.05, 4.69) is 26.1 Å². The predicted molar refractivity (Wildman–Crippen MR) is 58.4 cm³/mol. The maximum atomic E-state index is 10.4. The van der Waals surface area contributed by atoms with Crippen LogP contribution in [0.1, 0.15) is 40.5 Å². The molecule has 0 amide bonds. The van der Waals surface area contributed by atoms with Crippen molar-refractivity contribution < 1.29 is 9.90 Å². The molecule has 0 aliphatic carbocycles. The number of carboxylic acid groups (broad SMARTS) is 1. The van der Waals surface area contributed by atoms with Crippen molar-refractivity contribution >= 4 is 5.97 Å². The van der Waals surface area contributed by atoms with Crippen LogP contribution in [0.4, 0.5) is 0 Å². The summed E-state index contributed by atoms with van der Waals surface area (Å²) in [5.41, 5.74) is 0.576. The summed E-state index contributed by atoms with van der Waals surface area (Å²) < 4.78 is 0. The monoisotopic (exact) mass is 199 g/mol. The third-order valence-corrected chi connectivity index (χ3v) is 1.82. The van der Waals surface area contributed by atoms with E-state index in [-0.39, 0.29) is 5.54 Å². The van der Waals surface area contributed by atoms with Gasteiger partial charge >= 0.3 is 5.97 Å². The highest BCUT2D eigenvalue weighted by molar-refractivity contribution is 5.85. The summed E-state index contributed by atoms with van der Waals surface area (Å²) in [6, 6.07) is 0. The van der Waals surface area contributed by atoms with Gasteiger partial charge in [-0.25, -0.2) is 4.79 Å². The van der Waals surface area contributed by atoms with E-state index in [0.717, 1.165) is 19.4 Å². The summed E-state index contributed by atoms with van der Waals surface area (Å²) in [6.45, 7) is 8.90. The van der Waals surface area contributed by atoms with E-state index in [0.29, 0.717) is 5.57 Å². The number of nitrogens with one attached hydrogen (secondary N) is 1. The minimum absolute atomic E-state index is 0.144. The van der Waals surface area contributed by atoms with Crippen LogP contribution in [-0.2, 0) is 4.79 Å². The summed E-state index contributed by atoms with van der Waals surface area (Å²) in [6.07, 6.45) is 3.57. The summed E-state index contributed by atoms with van der Waals surface area (Å²) in [7, 11) is 0. The lowest BCUT2D eigenvalue weighted by atomic mass is 10.1. The molecule has 0 aliphatic rings. The minimum atomic E-state index is -0.825. The van der Waals surface area contributed by atoms with Gasteiger partial charge in [-0.1, -0.05) is 6.08 Å². The van der Waals surface area contributed by atoms with Crippen molar-refractivity contribution in [3.8, 4) is 0 Å². The van der Waals surface area contributed by atoms with Crippen LogP contribution >= 0.6 is 0 Å². The number of carboxylic acids is 1. The standard InChI is InChI=1S/C11H21NO2/c1-9(10(13)14)7-5-6-8-12-11(2,3)4/h7,12H,5-6,8H2,1-4H3,(H,13,14). The number of allylic oxidation sites excluding steroid dienone is 1. The van der Waals surface area contributed by atoms with Crippen LogP contribution in [-0.4, -0.2) is 23.2 Å². The first-order chi connectivity index (χ1) is 6.33. The molecular formula is C11H21NO2. The Morgan fingerprint density at radius 2 is 2.00 bits per heavy atom. The number of hydrogen-bond donors (Lipinski definition) is 2. The average molecular weight is 199 g/mol. The van der Waals surface area contributed by atoms with Crippen molar-refractivity contribution in [3.05, 3.63) is 11.6 Å². The van der Waals surface area contributed by atoms with Crippen molar-refractivity contribution in [3.63, 3.8) is 0 Å². The van der Waals surface area contributed by atoms with Gasteiger partial charge in [-0.2, -0.15) is 0 Å². The SMILES string of the molecule is CC(=CCCCNC(C)(C)C)C(=O)O. The third-order valence-electron chi connectivity index (χ3n) is 1.82. The van der Waals surface area contributed by atoms with Gasteiger partial charge in [0.25, 0.3) is 0 Å². The van der Waals surface area contributed by atoms with E-state index < -0.39 is 5.97 Å². The van der Waals surface area contributed by atoms with Crippen molar-refractivity contribution in [1.29, 1.82) is 0 Å². The van der Waals surface area contributed by atoms with Gasteiger partial charge in [0.05, 0.1) is 0 Å². The maximum absolute atomic E-state index is 10.4. The van der Waals surface area contributed by atoms with Crippen LogP contribution in [0.25, 0.3) is 0 Å². The molecule has 0 radical (unpaired) electrons. The number of aliphatic carboxylic acids is 1. The summed E-state index contributed by atoms with van der Waals surface area (Å²) >= 11 is 0. The quantitative estimate of drug-likeness (QED) is 0.527. The normalized spacial score (nSPS) is 13.0. The van der Waals surface area contributed by atoms with Gasteiger partial charge < -0.3 is 10.4 Å². The zero-order chi connectivity index (χ0) is 11.2. The number of carbonyl (C=O) groups is 1. The fourth-order valence-corrected chi connectivity index (χ4v) is 0.971. The summed E-state index contributed by atoms with van der Waals surface area (Å²) in [4.78, 5) is 10.4. The van der Waals surface area contributed by atoms with E-state index in [1.54, 1.807) is 13.0 Å². The lowest BCUT2D eigenvalue weighted by molar-refractivity contribution is -0.132. The minimum Gasteiger partial charge on any atom is -0.478 e. The zero-order valence-electron chi connectivity index (χ0n) is 9.55. The number of unbranched alkanes of at least 4 members (excludes halogenated alkanes) is 1. The molecule has 0 saturated heterocycles. The molecular weight excluding hydrogens is 178 g/mol. The van der Waals surface area contributed by atoms with E-state index in [9.17, 15) is 4.79 Å². The predicted octanol–water partition coefficient (Wildman–Crippen LogP) is 2.19. The Hall–Kier alpha value is -0.830. The van der Waals surface area contributed by atoms with Crippen LogP contribution in [0.3, 0.4) is 0 Å². The Morgan fingerprint density at radius 1 is 1.43 bits per heavy atom. The smallest absolute Gasteiger partial charge is 0.330 e. The molecule has 0 unspecified atom stereocenters. The Kier molecular flexibility index (Phi) is 5.46. The molecule has 3 nitrogen and oxygen atoms in total. The van der Waals surface area contributed by atoms with Crippen molar-refractivity contribution in [1.82, 2.24) is 5.32 Å². The molecule has 0 spiro atoms. The molecule has 0 aliphatic heterocycles. The molecule has 0 aromatic carbocycles. The Bertz CT molecular complexity index is 214. The second-order valence-electron chi connectivity index (χ2n) is 4.51. The zero-order valence-corrected chi connectivity index (χ0v) is 9.55. The molecule has 0 fully saturated rings. The van der Waals surface area contributed by atoms with Crippen LogP contribution in [0.2, 0.25) is 0 Å². The second-order valence-corrected chi connectivity index (χ2v) is 4.51. The number of hydrogen-bond acceptors (Lipinski definition) is 2. The van der Waals surface area contributed by atoms with E-state index >= 15 is 0 Å². The van der Waals surface area contributed by atoms with E-state index in [1.807, 2.05) is 0 Å². The van der Waals surface area contributed by atoms with Crippen molar-refractivity contribution in [2.75, 3.05) is 6.54 Å². The van der Waals surface area contributed by atoms with E-state index in [1.165, 1.54) is 0 Å². The maximum Gasteiger partial charge on any atom is 0.330 e. The fourth-order valence-electron chi connectivity index (χ4n) is 0.971. The molecule has 0 aromatic rings. The van der Waals surface area contributed by atoms with Gasteiger partial charge in [-0.3, -0.25) is 0 Å². The van der Waals surface area contributed by atoms with E-state index in [4.69, 9.17) is 5.11 Å². The van der Waals surface area contributed by atoms with Gasteiger partial charge in [0.1, 0.15) is 0 Å². The largest absolute Gasteiger partial charge is 0.478 e. The highest BCUT2D eigenvalue weighted by atomic mass is 16.4. The Balaban J connectivity index is 3.57. The van der Waals surface area contributed by atoms with Crippen LogP contribution in [0.5, 0.6) is 0 Å². The van der Waals surface area contributed by atoms with Gasteiger partial charge in [0, 0.05) is 11.1 Å². The lowest BCUT2D eigenvalue weighted by Gasteiger charge is -2.20. The molecule has 0 rings (SSSR count). The van der Waals surface area contributed by atoms with Gasteiger partial charge in [-0.15, -0.1) is 0 Å². The first-order valence-corrected chi connectivity index (χ1v) is 4.98. The van der Waals surface area contributed by atoms with Gasteiger partial charge in [0.2, 0.25) is 0 Å².